The summed E-state index contributed by atoms with van der Waals surface area (Å²) in [5.74, 6) is 1.11. The number of nitrogens with zero attached hydrogens (tertiary/aromatic N) is 1. The van der Waals surface area contributed by atoms with Gasteiger partial charge in [-0.1, -0.05) is 44.9 Å². The zero-order valence-electron chi connectivity index (χ0n) is 14.2. The van der Waals surface area contributed by atoms with Crippen molar-refractivity contribution in [2.45, 2.75) is 45.4 Å². The lowest BCUT2D eigenvalue weighted by molar-refractivity contribution is 0.249. The summed E-state index contributed by atoms with van der Waals surface area (Å²) in [5, 5.41) is 0. The molecule has 1 atom stereocenters. The Bertz CT molecular complexity index is 661. The van der Waals surface area contributed by atoms with Crippen LogP contribution in [0.4, 0.5) is 4.79 Å². The van der Waals surface area contributed by atoms with Gasteiger partial charge in [0.05, 0.1) is 7.11 Å². The fourth-order valence-corrected chi connectivity index (χ4v) is 3.13. The van der Waals surface area contributed by atoms with Gasteiger partial charge in [-0.05, 0) is 25.0 Å². The van der Waals surface area contributed by atoms with Crippen LogP contribution in [0.5, 0.6) is 5.75 Å². The molecule has 0 fully saturated rings. The Kier molecular flexibility index (Phi) is 5.85. The van der Waals surface area contributed by atoms with Gasteiger partial charge < -0.3 is 10.5 Å². The third-order valence-corrected chi connectivity index (χ3v) is 4.35. The van der Waals surface area contributed by atoms with Crippen LogP contribution in [-0.4, -0.2) is 17.7 Å². The monoisotopic (exact) mass is 314 g/mol. The van der Waals surface area contributed by atoms with E-state index in [9.17, 15) is 4.79 Å². The van der Waals surface area contributed by atoms with Crippen LogP contribution in [0.2, 0.25) is 0 Å². The minimum Gasteiger partial charge on any atom is -0.496 e. The van der Waals surface area contributed by atoms with E-state index in [0.29, 0.717) is 5.92 Å². The first kappa shape index (κ1) is 17.1. The van der Waals surface area contributed by atoms with Gasteiger partial charge >= 0.3 is 6.03 Å². The number of rotatable bonds is 7. The SMILES string of the molecule is CCCCC(CC)c1c(-c2ccccc2OC)ccn1C(N)=O. The van der Waals surface area contributed by atoms with Gasteiger partial charge in [0.25, 0.3) is 0 Å². The van der Waals surface area contributed by atoms with Gasteiger partial charge in [-0.25, -0.2) is 4.79 Å². The van der Waals surface area contributed by atoms with Crippen LogP contribution >= 0.6 is 0 Å². The van der Waals surface area contributed by atoms with Gasteiger partial charge in [0, 0.05) is 28.9 Å². The molecular formula is C19H26N2O2. The molecule has 1 amide bonds. The largest absolute Gasteiger partial charge is 0.496 e. The highest BCUT2D eigenvalue weighted by Crippen LogP contribution is 2.38. The Morgan fingerprint density at radius 3 is 2.57 bits per heavy atom. The molecule has 0 aliphatic heterocycles. The number of primary amides is 1. The third kappa shape index (κ3) is 3.58. The molecule has 2 aromatic rings. The van der Waals surface area contributed by atoms with E-state index in [1.54, 1.807) is 17.9 Å². The maximum Gasteiger partial charge on any atom is 0.323 e. The molecule has 2 N–H and O–H groups in total. The van der Waals surface area contributed by atoms with Crippen molar-refractivity contribution in [3.63, 3.8) is 0 Å². The number of methoxy groups -OCH3 is 1. The Morgan fingerprint density at radius 1 is 1.22 bits per heavy atom. The summed E-state index contributed by atoms with van der Waals surface area (Å²) in [5.41, 5.74) is 8.62. The standard InChI is InChI=1S/C19H26N2O2/c1-4-6-9-14(5-2)18-16(12-13-21(18)19(20)22)15-10-7-8-11-17(15)23-3/h7-8,10-14H,4-6,9H2,1-3H3,(H2,20,22). The molecule has 23 heavy (non-hydrogen) atoms. The summed E-state index contributed by atoms with van der Waals surface area (Å²) >= 11 is 0. The first-order chi connectivity index (χ1) is 11.1. The van der Waals surface area contributed by atoms with Crippen LogP contribution in [0.1, 0.15) is 51.1 Å². The van der Waals surface area contributed by atoms with Crippen molar-refractivity contribution in [3.05, 3.63) is 42.2 Å². The number of carbonyl (C=O) groups excluding carboxylic acids is 1. The molecule has 0 aliphatic rings. The Labute approximate surface area is 138 Å². The van der Waals surface area contributed by atoms with E-state index in [-0.39, 0.29) is 0 Å². The van der Waals surface area contributed by atoms with Gasteiger partial charge in [-0.2, -0.15) is 0 Å². The lowest BCUT2D eigenvalue weighted by Crippen LogP contribution is -2.22. The van der Waals surface area contributed by atoms with Gasteiger partial charge in [0.1, 0.15) is 5.75 Å². The second-order valence-corrected chi connectivity index (χ2v) is 5.77. The first-order valence-corrected chi connectivity index (χ1v) is 8.28. The zero-order chi connectivity index (χ0) is 16.8. The molecule has 2 rings (SSSR count). The summed E-state index contributed by atoms with van der Waals surface area (Å²) < 4.78 is 7.08. The normalized spacial score (nSPS) is 12.1. The van der Waals surface area contributed by atoms with Crippen LogP contribution in [0.3, 0.4) is 0 Å². The average Bonchev–Trinajstić information content (AvgIpc) is 3.00. The van der Waals surface area contributed by atoms with E-state index < -0.39 is 6.03 Å². The summed E-state index contributed by atoms with van der Waals surface area (Å²) in [7, 11) is 1.66. The Hall–Kier alpha value is -2.23. The molecule has 4 heteroatoms. The van der Waals surface area contributed by atoms with E-state index in [4.69, 9.17) is 10.5 Å². The average molecular weight is 314 g/mol. The van der Waals surface area contributed by atoms with Crippen molar-refractivity contribution in [1.82, 2.24) is 4.57 Å². The highest BCUT2D eigenvalue weighted by atomic mass is 16.5. The summed E-state index contributed by atoms with van der Waals surface area (Å²) in [6, 6.07) is 9.42. The Morgan fingerprint density at radius 2 is 1.96 bits per heavy atom. The highest BCUT2D eigenvalue weighted by Gasteiger charge is 2.22. The predicted molar refractivity (Wildman–Crippen MR) is 94.0 cm³/mol. The number of benzene rings is 1. The molecule has 124 valence electrons. The molecule has 0 saturated heterocycles. The van der Waals surface area contributed by atoms with Crippen molar-refractivity contribution < 1.29 is 9.53 Å². The maximum atomic E-state index is 11.9. The molecule has 1 aromatic carbocycles. The number of amides is 1. The molecule has 1 unspecified atom stereocenters. The number of unbranched alkanes of at least 4 members (excludes halogenated alkanes) is 1. The van der Waals surface area contributed by atoms with Crippen LogP contribution in [-0.2, 0) is 0 Å². The second-order valence-electron chi connectivity index (χ2n) is 5.77. The molecule has 0 aliphatic carbocycles. The molecule has 0 radical (unpaired) electrons. The van der Waals surface area contributed by atoms with E-state index >= 15 is 0 Å². The number of hydrogen-bond acceptors (Lipinski definition) is 2. The van der Waals surface area contributed by atoms with Crippen molar-refractivity contribution in [2.24, 2.45) is 5.73 Å². The molecular weight excluding hydrogens is 288 g/mol. The number of carbonyl (C=O) groups is 1. The van der Waals surface area contributed by atoms with Gasteiger partial charge in [-0.3, -0.25) is 4.57 Å². The van der Waals surface area contributed by atoms with E-state index in [1.807, 2.05) is 30.3 Å². The predicted octanol–water partition coefficient (Wildman–Crippen LogP) is 4.77. The smallest absolute Gasteiger partial charge is 0.323 e. The lowest BCUT2D eigenvalue weighted by Gasteiger charge is -2.19. The van der Waals surface area contributed by atoms with E-state index in [1.165, 1.54) is 0 Å². The molecule has 0 spiro atoms. The van der Waals surface area contributed by atoms with Crippen LogP contribution in [0, 0.1) is 0 Å². The number of nitrogens with two attached hydrogens (primary N) is 1. The van der Waals surface area contributed by atoms with Crippen molar-refractivity contribution in [2.75, 3.05) is 7.11 Å². The van der Waals surface area contributed by atoms with Gasteiger partial charge in [-0.15, -0.1) is 0 Å². The first-order valence-electron chi connectivity index (χ1n) is 8.28. The quantitative estimate of drug-likeness (QED) is 0.800. The number of hydrogen-bond donors (Lipinski definition) is 1. The molecule has 4 nitrogen and oxygen atoms in total. The number of ether oxygens (including phenoxy) is 1. The van der Waals surface area contributed by atoms with Gasteiger partial charge in [0.2, 0.25) is 0 Å². The summed E-state index contributed by atoms with van der Waals surface area (Å²) in [4.78, 5) is 11.9. The summed E-state index contributed by atoms with van der Waals surface area (Å²) in [6.45, 7) is 4.34. The third-order valence-electron chi connectivity index (χ3n) is 4.35. The Balaban J connectivity index is 2.58. The molecule has 1 aromatic heterocycles. The van der Waals surface area contributed by atoms with Crippen LogP contribution in [0.15, 0.2) is 36.5 Å². The zero-order valence-corrected chi connectivity index (χ0v) is 14.2. The molecule has 0 bridgehead atoms. The fraction of sp³-hybridized carbons (Fsp3) is 0.421. The topological polar surface area (TPSA) is 57.2 Å². The van der Waals surface area contributed by atoms with Crippen molar-refractivity contribution in [1.29, 1.82) is 0 Å². The lowest BCUT2D eigenvalue weighted by atomic mass is 9.90. The van der Waals surface area contributed by atoms with E-state index in [2.05, 4.69) is 13.8 Å². The molecule has 0 saturated carbocycles. The number of para-hydroxylation sites is 1. The van der Waals surface area contributed by atoms with E-state index in [0.717, 1.165) is 48.3 Å². The maximum absolute atomic E-state index is 11.9. The van der Waals surface area contributed by atoms with Crippen LogP contribution < -0.4 is 10.5 Å². The minimum atomic E-state index is -0.434. The summed E-state index contributed by atoms with van der Waals surface area (Å²) in [6.07, 6.45) is 6.06. The second kappa shape index (κ2) is 7.86. The van der Waals surface area contributed by atoms with Gasteiger partial charge in [0.15, 0.2) is 0 Å². The minimum absolute atomic E-state index is 0.303. The van der Waals surface area contributed by atoms with Crippen LogP contribution in [0.25, 0.3) is 11.1 Å². The molecule has 1 heterocycles. The fourth-order valence-electron chi connectivity index (χ4n) is 3.13. The van der Waals surface area contributed by atoms with Crippen molar-refractivity contribution in [3.8, 4) is 16.9 Å². The highest BCUT2D eigenvalue weighted by molar-refractivity contribution is 5.81. The number of aromatic nitrogens is 1. The van der Waals surface area contributed by atoms with Crippen molar-refractivity contribution >= 4 is 6.03 Å².